The summed E-state index contributed by atoms with van der Waals surface area (Å²) in [4.78, 5) is 13.1. The molecule has 9 heteroatoms. The summed E-state index contributed by atoms with van der Waals surface area (Å²) in [5.41, 5.74) is 3.94. The van der Waals surface area contributed by atoms with Gasteiger partial charge in [-0.25, -0.2) is 0 Å². The molecule has 0 aliphatic rings. The number of benzene rings is 1. The molecule has 0 bridgehead atoms. The Kier molecular flexibility index (Phi) is 8.23. The molecule has 2 aromatic heterocycles. The normalized spacial score (nSPS) is 11.4. The Morgan fingerprint density at radius 3 is 2.58 bits per heavy atom. The summed E-state index contributed by atoms with van der Waals surface area (Å²) in [6, 6.07) is 5.39. The fourth-order valence-corrected chi connectivity index (χ4v) is 3.62. The van der Waals surface area contributed by atoms with Crippen LogP contribution in [0.15, 0.2) is 29.6 Å². The molecule has 0 aliphatic heterocycles. The van der Waals surface area contributed by atoms with E-state index in [1.165, 1.54) is 0 Å². The van der Waals surface area contributed by atoms with Crippen molar-refractivity contribution in [2.75, 3.05) is 14.2 Å². The zero-order valence-electron chi connectivity index (χ0n) is 15.5. The first-order chi connectivity index (χ1) is 11.5. The molecule has 1 unspecified atom stereocenters. The van der Waals surface area contributed by atoms with Gasteiger partial charge >= 0.3 is 29.6 Å². The first-order valence-electron chi connectivity index (χ1n) is 7.39. The minimum Gasteiger partial charge on any atom is -0.497 e. The van der Waals surface area contributed by atoms with E-state index in [4.69, 9.17) is 9.47 Å². The average Bonchev–Trinajstić information content (AvgIpc) is 3.01. The monoisotopic (exact) mass is 385 g/mol. The third-order valence-electron chi connectivity index (χ3n) is 3.84. The standard InChI is InChI=1S/C17H18N3O3S.Na.H2O/c1-10-8-18-15(11(2)16(10)23-4)9-24(21)17-19-13-6-5-12(22-3)7-14(13)20-17;;/h5-8H,9H2,1-4H3;;1H2/q-1;+1;. The topological polar surface area (TPSA) is 107 Å². The summed E-state index contributed by atoms with van der Waals surface area (Å²) in [5.74, 6) is 1.71. The van der Waals surface area contributed by atoms with Gasteiger partial charge in [0, 0.05) is 22.5 Å². The summed E-state index contributed by atoms with van der Waals surface area (Å²) < 4.78 is 23.2. The third-order valence-corrected chi connectivity index (χ3v) is 4.96. The van der Waals surface area contributed by atoms with Crippen molar-refractivity contribution in [1.82, 2.24) is 15.0 Å². The van der Waals surface area contributed by atoms with Gasteiger partial charge in [0.25, 0.3) is 0 Å². The van der Waals surface area contributed by atoms with Crippen LogP contribution >= 0.6 is 0 Å². The van der Waals surface area contributed by atoms with E-state index in [0.717, 1.165) is 22.6 Å². The molecule has 0 aliphatic carbocycles. The second-order valence-corrected chi connectivity index (χ2v) is 6.74. The maximum Gasteiger partial charge on any atom is 1.00 e. The molecule has 134 valence electrons. The summed E-state index contributed by atoms with van der Waals surface area (Å²) in [5, 5.41) is 0.305. The molecule has 1 atom stereocenters. The number of hydrogen-bond donors (Lipinski definition) is 0. The Hall–Kier alpha value is -1.45. The summed E-state index contributed by atoms with van der Waals surface area (Å²) in [6.45, 7) is 3.85. The minimum absolute atomic E-state index is 0. The van der Waals surface area contributed by atoms with Crippen molar-refractivity contribution in [3.63, 3.8) is 0 Å². The Balaban J connectivity index is 0.00000169. The van der Waals surface area contributed by atoms with Gasteiger partial charge in [0.05, 0.1) is 36.5 Å². The molecule has 0 fully saturated rings. The molecular formula is C17H20N3NaO4S. The molecule has 3 aromatic rings. The van der Waals surface area contributed by atoms with Crippen molar-refractivity contribution < 1.29 is 48.7 Å². The van der Waals surface area contributed by atoms with E-state index in [-0.39, 0.29) is 40.8 Å². The summed E-state index contributed by atoms with van der Waals surface area (Å²) >= 11 is 0. The molecule has 0 radical (unpaired) electrons. The van der Waals surface area contributed by atoms with E-state index in [0.29, 0.717) is 21.9 Å². The van der Waals surface area contributed by atoms with E-state index in [1.807, 2.05) is 13.8 Å². The maximum absolute atomic E-state index is 12.6. The predicted molar refractivity (Wildman–Crippen MR) is 95.6 cm³/mol. The Morgan fingerprint density at radius 2 is 1.92 bits per heavy atom. The smallest absolute Gasteiger partial charge is 0.497 e. The SMILES string of the molecule is COc1ccc2[n-]c(S(=O)Cc3ncc(C)c(OC)c3C)nc2c1.O.[Na+]. The van der Waals surface area contributed by atoms with Crippen LogP contribution in [0.2, 0.25) is 0 Å². The van der Waals surface area contributed by atoms with Gasteiger partial charge in [0.2, 0.25) is 0 Å². The molecule has 7 nitrogen and oxygen atoms in total. The number of rotatable bonds is 5. The number of imidazole rings is 1. The number of aryl methyl sites for hydroxylation is 1. The molecule has 1 aromatic carbocycles. The van der Waals surface area contributed by atoms with Crippen LogP contribution in [0.4, 0.5) is 0 Å². The fourth-order valence-electron chi connectivity index (χ4n) is 2.55. The third kappa shape index (κ3) is 4.44. The van der Waals surface area contributed by atoms with Crippen LogP contribution in [0.25, 0.3) is 11.0 Å². The number of methoxy groups -OCH3 is 2. The van der Waals surface area contributed by atoms with E-state index in [9.17, 15) is 4.21 Å². The minimum atomic E-state index is -1.38. The molecular weight excluding hydrogens is 365 g/mol. The first kappa shape index (κ1) is 22.6. The van der Waals surface area contributed by atoms with E-state index in [2.05, 4.69) is 15.0 Å². The van der Waals surface area contributed by atoms with Crippen LogP contribution in [0.5, 0.6) is 11.5 Å². The van der Waals surface area contributed by atoms with Gasteiger partial charge in [0.1, 0.15) is 11.5 Å². The number of pyridine rings is 1. The summed E-state index contributed by atoms with van der Waals surface area (Å²) in [7, 11) is 1.83. The van der Waals surface area contributed by atoms with Gasteiger partial charge in [-0.2, -0.15) is 0 Å². The van der Waals surface area contributed by atoms with Crippen LogP contribution in [-0.2, 0) is 16.6 Å². The van der Waals surface area contributed by atoms with Gasteiger partial charge in [-0.05, 0) is 37.0 Å². The fraction of sp³-hybridized carbons (Fsp3) is 0.294. The molecule has 2 N–H and O–H groups in total. The van der Waals surface area contributed by atoms with Crippen LogP contribution in [0, 0.1) is 13.8 Å². The number of hydrogen-bond acceptors (Lipinski definition) is 5. The predicted octanol–water partition coefficient (Wildman–Crippen LogP) is -1.29. The Labute approximate surface area is 176 Å². The molecule has 0 amide bonds. The van der Waals surface area contributed by atoms with Crippen molar-refractivity contribution in [2.24, 2.45) is 0 Å². The van der Waals surface area contributed by atoms with Crippen molar-refractivity contribution >= 4 is 21.8 Å². The maximum atomic E-state index is 12.6. The van der Waals surface area contributed by atoms with Crippen molar-refractivity contribution in [3.8, 4) is 11.5 Å². The molecule has 3 rings (SSSR count). The van der Waals surface area contributed by atoms with Gasteiger partial charge in [0.15, 0.2) is 0 Å². The van der Waals surface area contributed by atoms with E-state index >= 15 is 0 Å². The molecule has 0 saturated heterocycles. The molecule has 0 saturated carbocycles. The Bertz CT molecular complexity index is 930. The van der Waals surface area contributed by atoms with Crippen LogP contribution in [0.1, 0.15) is 16.8 Å². The number of fused-ring (bicyclic) bond motifs is 1. The zero-order chi connectivity index (χ0) is 17.3. The molecule has 2 heterocycles. The average molecular weight is 385 g/mol. The summed E-state index contributed by atoms with van der Waals surface area (Å²) in [6.07, 6.45) is 1.73. The quantitative estimate of drug-likeness (QED) is 0.506. The van der Waals surface area contributed by atoms with Crippen LogP contribution in [0.3, 0.4) is 0 Å². The number of aromatic nitrogens is 3. The van der Waals surface area contributed by atoms with Crippen molar-refractivity contribution in [2.45, 2.75) is 24.8 Å². The van der Waals surface area contributed by atoms with E-state index in [1.54, 1.807) is 38.6 Å². The van der Waals surface area contributed by atoms with E-state index < -0.39 is 10.8 Å². The number of ether oxygens (including phenoxy) is 2. The van der Waals surface area contributed by atoms with Crippen molar-refractivity contribution in [1.29, 1.82) is 0 Å². The van der Waals surface area contributed by atoms with Crippen molar-refractivity contribution in [3.05, 3.63) is 41.2 Å². The largest absolute Gasteiger partial charge is 1.00 e. The van der Waals surface area contributed by atoms with Gasteiger partial charge in [-0.1, -0.05) is 6.07 Å². The first-order valence-corrected chi connectivity index (χ1v) is 8.71. The van der Waals surface area contributed by atoms with Gasteiger partial charge < -0.3 is 24.9 Å². The van der Waals surface area contributed by atoms with Gasteiger partial charge in [-0.15, -0.1) is 0 Å². The number of nitrogens with zero attached hydrogens (tertiary/aromatic N) is 3. The Morgan fingerprint density at radius 1 is 1.19 bits per heavy atom. The molecule has 26 heavy (non-hydrogen) atoms. The second kappa shape index (κ2) is 9.48. The molecule has 0 spiro atoms. The van der Waals surface area contributed by atoms with Crippen LogP contribution < -0.4 is 44.0 Å². The van der Waals surface area contributed by atoms with Gasteiger partial charge in [-0.3, -0.25) is 9.19 Å². The van der Waals surface area contributed by atoms with Crippen LogP contribution in [-0.4, -0.2) is 33.9 Å². The zero-order valence-corrected chi connectivity index (χ0v) is 18.3. The second-order valence-electron chi connectivity index (χ2n) is 5.40.